The van der Waals surface area contributed by atoms with Crippen LogP contribution < -0.4 is 4.40 Å². The van der Waals surface area contributed by atoms with Crippen LogP contribution in [0.1, 0.15) is 98.4 Å². The fourth-order valence-electron chi connectivity index (χ4n) is 6.71. The molecule has 0 aliphatic carbocycles. The summed E-state index contributed by atoms with van der Waals surface area (Å²) in [6.45, 7) is 18.6. The Kier molecular flexibility index (Phi) is 13.3. The molecule has 0 aliphatic rings. The normalized spacial score (nSPS) is 12.7. The van der Waals surface area contributed by atoms with Crippen molar-refractivity contribution in [2.75, 3.05) is 0 Å². The quantitative estimate of drug-likeness (QED) is 0.0487. The van der Waals surface area contributed by atoms with Crippen LogP contribution in [0.4, 0.5) is 0 Å². The van der Waals surface area contributed by atoms with E-state index in [1.165, 1.54) is 26.8 Å². The monoisotopic (exact) mass is 952 g/mol. The maximum atomic E-state index is 12.2. The molecule has 2 aromatic heterocycles. The molecule has 53 heavy (non-hydrogen) atoms. The summed E-state index contributed by atoms with van der Waals surface area (Å²) >= 11 is -1.97. The summed E-state index contributed by atoms with van der Waals surface area (Å²) in [5.74, 6) is 8.67. The van der Waals surface area contributed by atoms with Gasteiger partial charge in [-0.1, -0.05) is 53.7 Å². The first kappa shape index (κ1) is 42.4. The molecule has 0 unspecified atom stereocenters. The van der Waals surface area contributed by atoms with Gasteiger partial charge in [-0.15, -0.1) is 0 Å². The van der Waals surface area contributed by atoms with E-state index in [-0.39, 0.29) is 48.4 Å². The second kappa shape index (κ2) is 16.6. The largest absolute Gasteiger partial charge is 0 e. The molecule has 0 saturated heterocycles. The molecule has 4 aromatic carbocycles. The van der Waals surface area contributed by atoms with Crippen molar-refractivity contribution in [3.8, 4) is 11.3 Å². The summed E-state index contributed by atoms with van der Waals surface area (Å²) in [4.78, 5) is 22.4. The number of carbonyl (C=O) groups excluding carboxylic acids is 1. The molecule has 1 radical (unpaired) electrons. The predicted molar refractivity (Wildman–Crippen MR) is 223 cm³/mol. The zero-order valence-corrected chi connectivity index (χ0v) is 38.2. The number of aromatic nitrogens is 2. The Balaban J connectivity index is 0.000000299. The smallest absolute Gasteiger partial charge is 0 e. The number of ketones is 1. The van der Waals surface area contributed by atoms with Gasteiger partial charge in [0.2, 0.25) is 0 Å². The molecule has 283 valence electrons. The number of carbonyl (C=O) groups is 1. The van der Waals surface area contributed by atoms with Crippen LogP contribution >= 0.6 is 0 Å². The third-order valence-corrected chi connectivity index (χ3v) is 15.8. The summed E-state index contributed by atoms with van der Waals surface area (Å²) in [6, 6.07) is 24.9. The van der Waals surface area contributed by atoms with Crippen LogP contribution in [-0.4, -0.2) is 34.1 Å². The number of para-hydroxylation sites is 1. The molecule has 0 amide bonds. The number of rotatable bonds is 10. The standard InChI is InChI=1S/C31H29GeN2O.C15H28O2.Ir/c1-18(2)31-33-28(25-12-9-11-23-22-10-7-8-13-26(22)35-30(23)25)24-15-14-20-17-21(32(4,5)6)16-19(3)27(20)29(24)34-31;1-7-14(5,8-2)12(16)11-13(17)15(6,9-3)10-4;/h7-11,13-18H,1-6H3;11,16H,7-10H2,1-6H3;/q-1;;/b;12-11-;. The second-order valence-electron chi connectivity index (χ2n) is 16.3. The van der Waals surface area contributed by atoms with Gasteiger partial charge in [-0.05, 0) is 25.7 Å². The number of aliphatic hydroxyl groups is 1. The van der Waals surface area contributed by atoms with Gasteiger partial charge in [-0.3, -0.25) is 4.79 Å². The number of benzene rings is 4. The van der Waals surface area contributed by atoms with Gasteiger partial charge in [0.1, 0.15) is 5.76 Å². The van der Waals surface area contributed by atoms with Crippen LogP contribution in [0.2, 0.25) is 17.3 Å². The van der Waals surface area contributed by atoms with E-state index in [9.17, 15) is 9.90 Å². The van der Waals surface area contributed by atoms with Crippen molar-refractivity contribution in [1.29, 1.82) is 0 Å². The number of hydrogen-bond donors (Lipinski definition) is 1. The van der Waals surface area contributed by atoms with Gasteiger partial charge in [0.25, 0.3) is 0 Å². The molecule has 0 saturated carbocycles. The molecule has 5 nitrogen and oxygen atoms in total. The van der Waals surface area contributed by atoms with Gasteiger partial charge in [-0.2, -0.15) is 0 Å². The van der Waals surface area contributed by atoms with E-state index in [4.69, 9.17) is 14.4 Å². The summed E-state index contributed by atoms with van der Waals surface area (Å²) in [5, 5.41) is 15.9. The maximum Gasteiger partial charge on any atom is 0 e. The molecular formula is C46H57GeIrN2O3-. The number of nitrogens with zero attached hydrogens (tertiary/aromatic N) is 2. The Morgan fingerprint density at radius 3 is 2.13 bits per heavy atom. The molecule has 0 spiro atoms. The number of aliphatic hydroxyl groups excluding tert-OH is 1. The van der Waals surface area contributed by atoms with E-state index in [0.717, 1.165) is 75.6 Å². The van der Waals surface area contributed by atoms with E-state index < -0.39 is 13.3 Å². The molecule has 0 atom stereocenters. The van der Waals surface area contributed by atoms with Crippen LogP contribution in [-0.2, 0) is 24.9 Å². The fraction of sp³-hybridized carbons (Fsp3) is 0.413. The number of hydrogen-bond acceptors (Lipinski definition) is 5. The number of allylic oxidation sites excluding steroid dienone is 2. The van der Waals surface area contributed by atoms with Crippen molar-refractivity contribution >= 4 is 67.1 Å². The third-order valence-electron chi connectivity index (χ3n) is 11.6. The van der Waals surface area contributed by atoms with E-state index >= 15 is 0 Å². The van der Waals surface area contributed by atoms with Crippen molar-refractivity contribution in [3.05, 3.63) is 90.0 Å². The molecule has 6 rings (SSSR count). The average molecular weight is 951 g/mol. The fourth-order valence-corrected chi connectivity index (χ4v) is 9.31. The van der Waals surface area contributed by atoms with E-state index in [2.05, 4.69) is 86.6 Å². The molecule has 2 heterocycles. The molecular weight excluding hydrogens is 893 g/mol. The van der Waals surface area contributed by atoms with Crippen LogP contribution in [0.25, 0.3) is 54.9 Å². The first-order chi connectivity index (χ1) is 24.5. The van der Waals surface area contributed by atoms with Gasteiger partial charge in [-0.25, -0.2) is 0 Å². The van der Waals surface area contributed by atoms with Crippen molar-refractivity contribution in [1.82, 2.24) is 9.97 Å². The van der Waals surface area contributed by atoms with Gasteiger partial charge in [0.15, 0.2) is 5.78 Å². The van der Waals surface area contributed by atoms with Crippen LogP contribution in [0.3, 0.4) is 0 Å². The first-order valence-corrected chi connectivity index (χ1v) is 26.4. The predicted octanol–water partition coefficient (Wildman–Crippen LogP) is 12.8. The van der Waals surface area contributed by atoms with Gasteiger partial charge < -0.3 is 5.11 Å². The molecule has 0 aliphatic heterocycles. The maximum absolute atomic E-state index is 12.2. The summed E-state index contributed by atoms with van der Waals surface area (Å²) in [6.07, 6.45) is 4.75. The Labute approximate surface area is 332 Å². The van der Waals surface area contributed by atoms with Crippen molar-refractivity contribution in [2.24, 2.45) is 10.8 Å². The average Bonchev–Trinajstić information content (AvgIpc) is 3.52. The molecule has 6 aromatic rings. The summed E-state index contributed by atoms with van der Waals surface area (Å²) in [7, 11) is 0. The number of fused-ring (bicyclic) bond motifs is 6. The van der Waals surface area contributed by atoms with Crippen molar-refractivity contribution in [3.63, 3.8) is 0 Å². The van der Waals surface area contributed by atoms with Crippen LogP contribution in [0.15, 0.2) is 76.9 Å². The minimum atomic E-state index is -1.97. The van der Waals surface area contributed by atoms with Gasteiger partial charge in [0, 0.05) is 37.0 Å². The van der Waals surface area contributed by atoms with E-state index in [0.29, 0.717) is 0 Å². The molecule has 0 bridgehead atoms. The Hall–Kier alpha value is -3.32. The molecule has 0 fully saturated rings. The minimum Gasteiger partial charge on any atom is 0 e. The van der Waals surface area contributed by atoms with Crippen LogP contribution in [0, 0.1) is 23.8 Å². The SMILES string of the molecule is CCC(C)(CC)C(=O)/C=C(\O)C(C)(CC)CC.Cc1c[c]([Ge]([CH3])([CH3])[CH3])cc2ccc3c(-c4[c-]ccc5c4oc4ccccc45)nc(C(C)C)nc3c12.[Ir]. The topological polar surface area (TPSA) is 76.2 Å². The van der Waals surface area contributed by atoms with Crippen molar-refractivity contribution in [2.45, 2.75) is 111 Å². The molecule has 1 N–H and O–H groups in total. The van der Waals surface area contributed by atoms with Gasteiger partial charge in [0.05, 0.1) is 0 Å². The van der Waals surface area contributed by atoms with Crippen LogP contribution in [0.5, 0.6) is 0 Å². The van der Waals surface area contributed by atoms with E-state index in [1.807, 2.05) is 59.7 Å². The number of furan rings is 1. The van der Waals surface area contributed by atoms with Crippen molar-refractivity contribution < 1.29 is 34.4 Å². The summed E-state index contributed by atoms with van der Waals surface area (Å²) < 4.78 is 7.89. The Morgan fingerprint density at radius 2 is 1.53 bits per heavy atom. The Bertz CT molecular complexity index is 2290. The Morgan fingerprint density at radius 1 is 0.887 bits per heavy atom. The van der Waals surface area contributed by atoms with E-state index in [1.54, 1.807) is 0 Å². The second-order valence-corrected chi connectivity index (χ2v) is 27.0. The number of aryl methyl sites for hydroxylation is 1. The zero-order valence-electron chi connectivity index (χ0n) is 33.7. The molecule has 7 heteroatoms. The van der Waals surface area contributed by atoms with Gasteiger partial charge >= 0.3 is 197 Å². The third kappa shape index (κ3) is 8.36. The summed E-state index contributed by atoms with van der Waals surface area (Å²) in [5.41, 5.74) is 5.20. The first-order valence-electron chi connectivity index (χ1n) is 19.0. The minimum absolute atomic E-state index is 0. The zero-order chi connectivity index (χ0) is 38.2.